The molecule has 1 N–H and O–H groups in total. The number of nitrogens with zero attached hydrogens (tertiary/aromatic N) is 3. The zero-order chi connectivity index (χ0) is 40.3. The number of amides is 3. The number of aliphatic hydroxyl groups excluding tert-OH is 1. The first-order valence-corrected chi connectivity index (χ1v) is 19.7. The first-order valence-electron chi connectivity index (χ1n) is 19.7. The summed E-state index contributed by atoms with van der Waals surface area (Å²) >= 11 is 0. The minimum atomic E-state index is -1.31. The molecule has 1 spiro atoms. The Hall–Kier alpha value is -4.28. The summed E-state index contributed by atoms with van der Waals surface area (Å²) in [6.45, 7) is 19.8. The molecule has 0 radical (unpaired) electrons. The Labute approximate surface area is 327 Å². The second kappa shape index (κ2) is 16.8. The van der Waals surface area contributed by atoms with E-state index in [-0.39, 0.29) is 30.2 Å². The highest BCUT2D eigenvalue weighted by Crippen LogP contribution is 2.60. The molecule has 3 aliphatic heterocycles. The van der Waals surface area contributed by atoms with E-state index in [4.69, 9.17) is 9.47 Å². The molecule has 0 aromatic heterocycles. The van der Waals surface area contributed by atoms with Gasteiger partial charge in [-0.3, -0.25) is 19.2 Å². The highest BCUT2D eigenvalue weighted by Gasteiger charge is 2.76. The smallest absolute Gasteiger partial charge is 0.313 e. The van der Waals surface area contributed by atoms with Crippen molar-refractivity contribution in [3.05, 3.63) is 97.1 Å². The van der Waals surface area contributed by atoms with Crippen LogP contribution in [0, 0.1) is 17.3 Å². The van der Waals surface area contributed by atoms with Crippen molar-refractivity contribution in [2.24, 2.45) is 17.3 Å². The first-order chi connectivity index (χ1) is 26.0. The molecule has 3 heterocycles. The van der Waals surface area contributed by atoms with E-state index in [1.165, 1.54) is 4.90 Å². The van der Waals surface area contributed by atoms with Crippen LogP contribution in [0.4, 0.5) is 0 Å². The summed E-state index contributed by atoms with van der Waals surface area (Å²) in [5.41, 5.74) is -0.454. The van der Waals surface area contributed by atoms with Crippen molar-refractivity contribution >= 4 is 23.7 Å². The molecule has 55 heavy (non-hydrogen) atoms. The van der Waals surface area contributed by atoms with Gasteiger partial charge in [-0.25, -0.2) is 0 Å². The molecule has 2 bridgehead atoms. The van der Waals surface area contributed by atoms with Crippen molar-refractivity contribution < 1.29 is 33.8 Å². The van der Waals surface area contributed by atoms with Crippen LogP contribution in [0.25, 0.3) is 0 Å². The van der Waals surface area contributed by atoms with Gasteiger partial charge in [0.2, 0.25) is 17.7 Å². The fraction of sp³-hybridized carbons (Fsp3) is 0.556. The number of hydrogen-bond acceptors (Lipinski definition) is 7. The second-order valence-electron chi connectivity index (χ2n) is 17.5. The van der Waals surface area contributed by atoms with Gasteiger partial charge < -0.3 is 29.3 Å². The predicted octanol–water partition coefficient (Wildman–Crippen LogP) is 6.29. The van der Waals surface area contributed by atoms with Crippen molar-refractivity contribution in [1.82, 2.24) is 14.7 Å². The lowest BCUT2D eigenvalue weighted by atomic mass is 9.70. The lowest BCUT2D eigenvalue weighted by Crippen LogP contribution is -2.62. The predicted molar refractivity (Wildman–Crippen MR) is 212 cm³/mol. The van der Waals surface area contributed by atoms with Crippen LogP contribution in [0.1, 0.15) is 90.9 Å². The standard InChI is InChI=1S/C45H61N3O7/c1-10-12-23-35(50)46(9)30(3)38(32-21-17-14-18-22-32)54-42(53)36-34-24-25-45(55-34)37(36)40(51)48(33(28-49)27-31-19-15-13-16-20-31)39(45)41(52)47(26-11-2)44(7,8)29-43(4,5)6/h10-11,13-22,30,33-34,36-39,49H,1-2,12,23-29H2,3-9H3/t30-,33-,34+,36-,37-,38+,39+,45-/m1/s1. The Morgan fingerprint density at radius 3 is 2.25 bits per heavy atom. The lowest BCUT2D eigenvalue weighted by molar-refractivity contribution is -0.165. The second-order valence-corrected chi connectivity index (χ2v) is 17.5. The minimum absolute atomic E-state index is 0.110. The van der Waals surface area contributed by atoms with E-state index in [0.29, 0.717) is 37.7 Å². The molecule has 3 saturated heterocycles. The van der Waals surface area contributed by atoms with Gasteiger partial charge in [0.05, 0.1) is 36.6 Å². The number of aliphatic hydroxyl groups is 1. The van der Waals surface area contributed by atoms with Crippen LogP contribution in [0.15, 0.2) is 86.0 Å². The molecule has 298 valence electrons. The van der Waals surface area contributed by atoms with E-state index in [9.17, 15) is 14.7 Å². The molecular weight excluding hydrogens is 695 g/mol. The van der Waals surface area contributed by atoms with E-state index < -0.39 is 71.8 Å². The number of allylic oxidation sites excluding steroid dienone is 1. The van der Waals surface area contributed by atoms with Crippen LogP contribution >= 0.6 is 0 Å². The maximum absolute atomic E-state index is 15.3. The van der Waals surface area contributed by atoms with E-state index in [1.54, 1.807) is 29.0 Å². The quantitative estimate of drug-likeness (QED) is 0.149. The maximum Gasteiger partial charge on any atom is 0.313 e. The summed E-state index contributed by atoms with van der Waals surface area (Å²) in [4.78, 5) is 63.2. The van der Waals surface area contributed by atoms with Crippen molar-refractivity contribution in [3.8, 4) is 0 Å². The van der Waals surface area contributed by atoms with Crippen molar-refractivity contribution in [3.63, 3.8) is 0 Å². The van der Waals surface area contributed by atoms with Crippen molar-refractivity contribution in [1.29, 1.82) is 0 Å². The normalized spacial score (nSPS) is 24.8. The average Bonchev–Trinajstić information content (AvgIpc) is 3.80. The van der Waals surface area contributed by atoms with Crippen molar-refractivity contribution in [2.75, 3.05) is 20.2 Å². The fourth-order valence-electron chi connectivity index (χ4n) is 9.60. The number of esters is 1. The molecule has 10 heteroatoms. The number of carbonyl (C=O) groups is 4. The topological polar surface area (TPSA) is 117 Å². The number of benzene rings is 2. The Balaban J connectivity index is 1.56. The number of ether oxygens (including phenoxy) is 2. The zero-order valence-electron chi connectivity index (χ0n) is 33.8. The van der Waals surface area contributed by atoms with Crippen LogP contribution in [0.5, 0.6) is 0 Å². The molecule has 8 atom stereocenters. The molecule has 0 aliphatic carbocycles. The molecule has 2 aromatic rings. The highest BCUT2D eigenvalue weighted by molar-refractivity contribution is 5.98. The lowest BCUT2D eigenvalue weighted by Gasteiger charge is -2.46. The Kier molecular flexibility index (Phi) is 12.8. The van der Waals surface area contributed by atoms with Gasteiger partial charge in [0.1, 0.15) is 17.7 Å². The SMILES string of the molecule is C=CCCC(=O)N(C)[C@H](C)[C@H](OC(=O)[C@@H]1[C@@H]2CC[C@]3(O2)[C@H](C(=O)N(CC=C)C(C)(C)CC(C)(C)C)N([C@@H](CO)Cc2ccccc2)C(=O)[C@@H]13)c1ccccc1. The van der Waals surface area contributed by atoms with Crippen LogP contribution in [0.3, 0.4) is 0 Å². The molecule has 2 aromatic carbocycles. The Morgan fingerprint density at radius 2 is 1.67 bits per heavy atom. The molecule has 5 rings (SSSR count). The number of rotatable bonds is 17. The van der Waals surface area contributed by atoms with Gasteiger partial charge in [-0.05, 0) is 69.4 Å². The van der Waals surface area contributed by atoms with Gasteiger partial charge in [-0.1, -0.05) is 93.6 Å². The Bertz CT molecular complexity index is 1710. The van der Waals surface area contributed by atoms with Crippen molar-refractivity contribution in [2.45, 2.75) is 122 Å². The molecule has 0 unspecified atom stereocenters. The summed E-state index contributed by atoms with van der Waals surface area (Å²) in [6.07, 6.45) is 4.54. The zero-order valence-corrected chi connectivity index (χ0v) is 33.8. The largest absolute Gasteiger partial charge is 0.455 e. The summed E-state index contributed by atoms with van der Waals surface area (Å²) in [5.74, 6) is -3.40. The summed E-state index contributed by atoms with van der Waals surface area (Å²) < 4.78 is 13.2. The summed E-state index contributed by atoms with van der Waals surface area (Å²) in [7, 11) is 1.70. The molecule has 3 fully saturated rings. The minimum Gasteiger partial charge on any atom is -0.455 e. The monoisotopic (exact) mass is 755 g/mol. The fourth-order valence-corrected chi connectivity index (χ4v) is 9.60. The van der Waals surface area contributed by atoms with Gasteiger partial charge in [0.25, 0.3) is 0 Å². The van der Waals surface area contributed by atoms with Gasteiger partial charge >= 0.3 is 5.97 Å². The summed E-state index contributed by atoms with van der Waals surface area (Å²) in [6, 6.07) is 16.5. The number of hydrogen-bond donors (Lipinski definition) is 1. The average molecular weight is 756 g/mol. The van der Waals surface area contributed by atoms with Gasteiger partial charge in [0, 0.05) is 25.6 Å². The van der Waals surface area contributed by atoms with Gasteiger partial charge in [0.15, 0.2) is 0 Å². The maximum atomic E-state index is 15.3. The highest BCUT2D eigenvalue weighted by atomic mass is 16.6. The molecular formula is C45H61N3O7. The van der Waals surface area contributed by atoms with Crippen LogP contribution < -0.4 is 0 Å². The van der Waals surface area contributed by atoms with Gasteiger partial charge in [-0.2, -0.15) is 0 Å². The Morgan fingerprint density at radius 1 is 1.04 bits per heavy atom. The molecule has 0 saturated carbocycles. The number of likely N-dealkylation sites (N-methyl/N-ethyl adjacent to an activating group) is 1. The number of fused-ring (bicyclic) bond motifs is 1. The summed E-state index contributed by atoms with van der Waals surface area (Å²) in [5, 5.41) is 11.0. The third-order valence-electron chi connectivity index (χ3n) is 11.8. The van der Waals surface area contributed by atoms with Crippen LogP contribution in [0.2, 0.25) is 0 Å². The van der Waals surface area contributed by atoms with E-state index in [2.05, 4.69) is 33.9 Å². The number of carbonyl (C=O) groups excluding carboxylic acids is 4. The third-order valence-corrected chi connectivity index (χ3v) is 11.8. The van der Waals surface area contributed by atoms with E-state index >= 15 is 9.59 Å². The van der Waals surface area contributed by atoms with E-state index in [0.717, 1.165) is 5.56 Å². The van der Waals surface area contributed by atoms with Crippen LogP contribution in [-0.2, 0) is 35.1 Å². The van der Waals surface area contributed by atoms with Gasteiger partial charge in [-0.15, -0.1) is 13.2 Å². The first kappa shape index (κ1) is 41.9. The van der Waals surface area contributed by atoms with Crippen LogP contribution in [-0.4, -0.2) is 99.1 Å². The number of likely N-dealkylation sites (tertiary alicyclic amines) is 1. The van der Waals surface area contributed by atoms with E-state index in [1.807, 2.05) is 81.4 Å². The molecule has 3 amide bonds. The third kappa shape index (κ3) is 8.46. The molecule has 10 nitrogen and oxygen atoms in total. The molecule has 3 aliphatic rings.